The van der Waals surface area contributed by atoms with E-state index < -0.39 is 0 Å². The highest BCUT2D eigenvalue weighted by Crippen LogP contribution is 2.25. The minimum Gasteiger partial charge on any atom is -0.294 e. The van der Waals surface area contributed by atoms with Crippen LogP contribution in [0.5, 0.6) is 5.75 Å². The predicted molar refractivity (Wildman–Crippen MR) is 64.1 cm³/mol. The Bertz CT molecular complexity index is 355. The van der Waals surface area contributed by atoms with Crippen LogP contribution in [0.2, 0.25) is 0 Å². The van der Waals surface area contributed by atoms with Crippen molar-refractivity contribution in [3.63, 3.8) is 0 Å². The van der Waals surface area contributed by atoms with E-state index in [1.165, 1.54) is 5.37 Å². The van der Waals surface area contributed by atoms with Gasteiger partial charge in [0.25, 0.3) is 0 Å². The van der Waals surface area contributed by atoms with Gasteiger partial charge in [-0.25, -0.2) is 0 Å². The van der Waals surface area contributed by atoms with Crippen molar-refractivity contribution in [2.45, 2.75) is 27.2 Å². The van der Waals surface area contributed by atoms with Crippen LogP contribution in [-0.4, -0.2) is 5.37 Å². The van der Waals surface area contributed by atoms with E-state index in [4.69, 9.17) is 12.2 Å². The third kappa shape index (κ3) is 3.59. The van der Waals surface area contributed by atoms with E-state index in [1.807, 2.05) is 12.1 Å². The zero-order valence-electron chi connectivity index (χ0n) is 9.21. The number of thiocarbonyl (C=S) groups is 1. The molecule has 3 heteroatoms. The maximum Gasteiger partial charge on any atom is 0.179 e. The van der Waals surface area contributed by atoms with Crippen LogP contribution in [0, 0.1) is 5.41 Å². The third-order valence-electron chi connectivity index (χ3n) is 2.02. The molecule has 0 unspecified atom stereocenters. The van der Waals surface area contributed by atoms with Crippen molar-refractivity contribution in [1.82, 2.24) is 0 Å². The molecule has 1 aromatic carbocycles. The predicted octanol–water partition coefficient (Wildman–Crippen LogP) is 3.89. The van der Waals surface area contributed by atoms with E-state index in [9.17, 15) is 4.53 Å². The van der Waals surface area contributed by atoms with Gasteiger partial charge >= 0.3 is 0 Å². The Balaban J connectivity index is 2.98. The van der Waals surface area contributed by atoms with Crippen LogP contribution < -0.4 is 4.94 Å². The number of hydrogen-bond donors (Lipinski definition) is 0. The first kappa shape index (κ1) is 12.1. The Hall–Kier alpha value is -0.960. The van der Waals surface area contributed by atoms with E-state index in [0.717, 1.165) is 12.0 Å². The summed E-state index contributed by atoms with van der Waals surface area (Å²) in [6.45, 7) is 6.47. The molecule has 0 aliphatic rings. The molecular weight excluding hydrogens is 211 g/mol. The fraction of sp³-hybridized carbons (Fsp3) is 0.417. The molecule has 1 rings (SSSR count). The molecule has 0 saturated carbocycles. The van der Waals surface area contributed by atoms with Crippen molar-refractivity contribution in [3.8, 4) is 5.75 Å². The highest BCUT2D eigenvalue weighted by molar-refractivity contribution is 7.79. The average molecular weight is 226 g/mol. The smallest absolute Gasteiger partial charge is 0.179 e. The van der Waals surface area contributed by atoms with E-state index in [-0.39, 0.29) is 11.2 Å². The molecule has 0 saturated heterocycles. The van der Waals surface area contributed by atoms with Crippen LogP contribution in [0.1, 0.15) is 31.9 Å². The largest absolute Gasteiger partial charge is 0.294 e. The van der Waals surface area contributed by atoms with E-state index >= 15 is 0 Å². The molecule has 0 spiro atoms. The third-order valence-corrected chi connectivity index (χ3v) is 2.27. The number of hydrogen-bond acceptors (Lipinski definition) is 2. The Morgan fingerprint density at radius 1 is 1.40 bits per heavy atom. The van der Waals surface area contributed by atoms with Crippen molar-refractivity contribution in [1.29, 1.82) is 0 Å². The molecule has 0 aliphatic heterocycles. The topological polar surface area (TPSA) is 9.23 Å². The average Bonchev–Trinajstić information content (AvgIpc) is 2.15. The SMILES string of the molecule is CC(C)(C)Cc1ccc(OF)c(C=S)c1. The van der Waals surface area contributed by atoms with Crippen LogP contribution in [0.4, 0.5) is 4.53 Å². The normalized spacial score (nSPS) is 11.2. The van der Waals surface area contributed by atoms with Crippen molar-refractivity contribution < 1.29 is 9.47 Å². The van der Waals surface area contributed by atoms with Gasteiger partial charge in [-0.3, -0.25) is 4.94 Å². The van der Waals surface area contributed by atoms with Gasteiger partial charge in [0.1, 0.15) is 0 Å². The minimum atomic E-state index is 0.183. The van der Waals surface area contributed by atoms with Gasteiger partial charge in [0.05, 0.1) is 0 Å². The summed E-state index contributed by atoms with van der Waals surface area (Å²) in [6, 6.07) is 5.34. The summed E-state index contributed by atoms with van der Waals surface area (Å²) in [4.78, 5) is 3.72. The van der Waals surface area contributed by atoms with Gasteiger partial charge in [0.15, 0.2) is 5.75 Å². The molecule has 0 radical (unpaired) electrons. The summed E-state index contributed by atoms with van der Waals surface area (Å²) >= 11 is 4.80. The second kappa shape index (κ2) is 4.71. The summed E-state index contributed by atoms with van der Waals surface area (Å²) in [5, 5.41) is 1.43. The lowest BCUT2D eigenvalue weighted by Crippen LogP contribution is -2.09. The summed E-state index contributed by atoms with van der Waals surface area (Å²) in [5.74, 6) is 0.183. The molecule has 0 atom stereocenters. The van der Waals surface area contributed by atoms with Gasteiger partial charge in [0, 0.05) is 15.5 Å². The molecule has 82 valence electrons. The number of benzene rings is 1. The second-order valence-electron chi connectivity index (χ2n) is 4.80. The van der Waals surface area contributed by atoms with E-state index in [1.54, 1.807) is 6.07 Å². The molecule has 0 bridgehead atoms. The fourth-order valence-corrected chi connectivity index (χ4v) is 1.67. The Morgan fingerprint density at radius 3 is 2.53 bits per heavy atom. The highest BCUT2D eigenvalue weighted by atomic mass is 32.1. The Kier molecular flexibility index (Phi) is 3.80. The first-order valence-electron chi connectivity index (χ1n) is 4.83. The van der Waals surface area contributed by atoms with Gasteiger partial charge in [-0.05, 0) is 29.5 Å². The van der Waals surface area contributed by atoms with Crippen molar-refractivity contribution in [2.24, 2.45) is 5.41 Å². The lowest BCUT2D eigenvalue weighted by Gasteiger charge is -2.18. The van der Waals surface area contributed by atoms with Crippen molar-refractivity contribution >= 4 is 17.6 Å². The van der Waals surface area contributed by atoms with Gasteiger partial charge < -0.3 is 0 Å². The van der Waals surface area contributed by atoms with Gasteiger partial charge in [0.2, 0.25) is 0 Å². The van der Waals surface area contributed by atoms with Gasteiger partial charge in [-0.15, -0.1) is 0 Å². The zero-order valence-corrected chi connectivity index (χ0v) is 10.0. The first-order chi connectivity index (χ1) is 6.96. The maximum atomic E-state index is 12.1. The van der Waals surface area contributed by atoms with Crippen LogP contribution in [0.25, 0.3) is 0 Å². The van der Waals surface area contributed by atoms with Crippen LogP contribution in [-0.2, 0) is 6.42 Å². The Morgan fingerprint density at radius 2 is 2.07 bits per heavy atom. The van der Waals surface area contributed by atoms with Crippen LogP contribution >= 0.6 is 12.2 Å². The molecule has 1 nitrogen and oxygen atoms in total. The number of rotatable bonds is 3. The minimum absolute atomic E-state index is 0.183. The standard InChI is InChI=1S/C12H15FOS/c1-12(2,3)7-9-4-5-11(14-13)10(6-9)8-15/h4-6,8H,7H2,1-3H3. The molecule has 15 heavy (non-hydrogen) atoms. The van der Waals surface area contributed by atoms with Crippen molar-refractivity contribution in [3.05, 3.63) is 29.3 Å². The van der Waals surface area contributed by atoms with Crippen molar-refractivity contribution in [2.75, 3.05) is 0 Å². The van der Waals surface area contributed by atoms with E-state index in [2.05, 4.69) is 25.7 Å². The fourth-order valence-electron chi connectivity index (χ4n) is 1.48. The highest BCUT2D eigenvalue weighted by Gasteiger charge is 2.12. The van der Waals surface area contributed by atoms with Crippen LogP contribution in [0.3, 0.4) is 0 Å². The quantitative estimate of drug-likeness (QED) is 0.723. The van der Waals surface area contributed by atoms with Gasteiger partial charge in [-0.2, -0.15) is 0 Å². The number of halogens is 1. The molecule has 0 amide bonds. The molecule has 0 aliphatic carbocycles. The first-order valence-corrected chi connectivity index (χ1v) is 5.30. The Labute approximate surface area is 95.2 Å². The summed E-state index contributed by atoms with van der Waals surface area (Å²) < 4.78 is 12.1. The van der Waals surface area contributed by atoms with E-state index in [0.29, 0.717) is 5.56 Å². The summed E-state index contributed by atoms with van der Waals surface area (Å²) in [6.07, 6.45) is 0.926. The zero-order chi connectivity index (χ0) is 11.5. The second-order valence-corrected chi connectivity index (χ2v) is 5.04. The maximum absolute atomic E-state index is 12.1. The van der Waals surface area contributed by atoms with Gasteiger partial charge in [-0.1, -0.05) is 39.1 Å². The monoisotopic (exact) mass is 226 g/mol. The molecule has 0 N–H and O–H groups in total. The molecule has 0 fully saturated rings. The molecule has 0 aromatic heterocycles. The molecule has 0 heterocycles. The molecule has 1 aromatic rings. The lowest BCUT2D eigenvalue weighted by atomic mass is 9.88. The lowest BCUT2D eigenvalue weighted by molar-refractivity contribution is -0.00635. The molecular formula is C12H15FOS. The summed E-state index contributed by atoms with van der Waals surface area (Å²) in [7, 11) is 0. The van der Waals surface area contributed by atoms with Crippen LogP contribution in [0.15, 0.2) is 18.2 Å². The summed E-state index contributed by atoms with van der Waals surface area (Å²) in [5.41, 5.74) is 1.96.